The molecule has 0 aliphatic rings. The summed E-state index contributed by atoms with van der Waals surface area (Å²) in [6.07, 6.45) is 2.41. The van der Waals surface area contributed by atoms with Crippen LogP contribution in [-0.4, -0.2) is 42.9 Å². The average molecular weight is 494 g/mol. The summed E-state index contributed by atoms with van der Waals surface area (Å²) in [6, 6.07) is 11.2. The Hall–Kier alpha value is -2.52. The predicted molar refractivity (Wildman–Crippen MR) is 124 cm³/mol. The van der Waals surface area contributed by atoms with Crippen LogP contribution in [0.2, 0.25) is 0 Å². The fraction of sp³-hybridized carbons (Fsp3) is 0.286. The lowest BCUT2D eigenvalue weighted by Crippen LogP contribution is -2.44. The van der Waals surface area contributed by atoms with Gasteiger partial charge < -0.3 is 20.7 Å². The van der Waals surface area contributed by atoms with Gasteiger partial charge in [0.2, 0.25) is 11.8 Å². The zero-order valence-electron chi connectivity index (χ0n) is 17.0. The van der Waals surface area contributed by atoms with Crippen molar-refractivity contribution in [3.05, 3.63) is 52.5 Å². The Balaban J connectivity index is 2.18. The molecule has 0 aromatic heterocycles. The van der Waals surface area contributed by atoms with Crippen molar-refractivity contribution in [1.82, 2.24) is 5.32 Å². The van der Waals surface area contributed by atoms with E-state index in [2.05, 4.69) is 31.9 Å². The van der Waals surface area contributed by atoms with Gasteiger partial charge in [0.05, 0.1) is 18.4 Å². The van der Waals surface area contributed by atoms with Crippen molar-refractivity contribution in [1.29, 1.82) is 0 Å². The van der Waals surface area contributed by atoms with E-state index >= 15 is 0 Å². The second kappa shape index (κ2) is 11.6. The van der Waals surface area contributed by atoms with Crippen LogP contribution in [0.4, 0.5) is 11.4 Å². The van der Waals surface area contributed by atoms with Gasteiger partial charge in [0.15, 0.2) is 0 Å². The van der Waals surface area contributed by atoms with E-state index in [4.69, 9.17) is 4.74 Å². The van der Waals surface area contributed by atoms with Crippen LogP contribution in [0.1, 0.15) is 23.7 Å². The number of anilines is 2. The molecule has 0 radical (unpaired) electrons. The van der Waals surface area contributed by atoms with Crippen LogP contribution in [-0.2, 0) is 9.59 Å². The molecular weight excluding hydrogens is 470 g/mol. The van der Waals surface area contributed by atoms with Gasteiger partial charge in [-0.3, -0.25) is 14.4 Å². The highest BCUT2D eigenvalue weighted by Crippen LogP contribution is 2.28. The number of ether oxygens (including phenoxy) is 1. The summed E-state index contributed by atoms with van der Waals surface area (Å²) in [6.45, 7) is 1.39. The Bertz CT molecular complexity index is 923. The Morgan fingerprint density at radius 2 is 1.87 bits per heavy atom. The first-order valence-electron chi connectivity index (χ1n) is 9.16. The Morgan fingerprint density at radius 3 is 2.50 bits per heavy atom. The fourth-order valence-electron chi connectivity index (χ4n) is 2.69. The third-order valence-corrected chi connectivity index (χ3v) is 5.46. The molecule has 0 fully saturated rings. The molecule has 0 bridgehead atoms. The van der Waals surface area contributed by atoms with Crippen LogP contribution < -0.4 is 20.7 Å². The molecule has 9 heteroatoms. The number of amides is 3. The minimum atomic E-state index is -0.719. The smallest absolute Gasteiger partial charge is 0.253 e. The lowest BCUT2D eigenvalue weighted by atomic mass is 10.1. The first-order valence-corrected chi connectivity index (χ1v) is 11.3. The zero-order chi connectivity index (χ0) is 22.1. The molecule has 3 amide bonds. The van der Waals surface area contributed by atoms with Gasteiger partial charge in [0.25, 0.3) is 5.91 Å². The normalized spacial score (nSPS) is 11.3. The molecule has 30 heavy (non-hydrogen) atoms. The number of nitrogens with one attached hydrogen (secondary N) is 3. The van der Waals surface area contributed by atoms with E-state index in [9.17, 15) is 14.4 Å². The maximum Gasteiger partial charge on any atom is 0.253 e. The lowest BCUT2D eigenvalue weighted by Gasteiger charge is -2.19. The van der Waals surface area contributed by atoms with E-state index in [1.807, 2.05) is 12.3 Å². The van der Waals surface area contributed by atoms with Gasteiger partial charge in [0.1, 0.15) is 11.8 Å². The molecular formula is C21H24BrN3O4S. The first-order chi connectivity index (χ1) is 14.3. The number of carbonyl (C=O) groups excluding carboxylic acids is 3. The van der Waals surface area contributed by atoms with E-state index in [0.29, 0.717) is 39.3 Å². The Morgan fingerprint density at radius 1 is 1.13 bits per heavy atom. The van der Waals surface area contributed by atoms with Gasteiger partial charge in [-0.25, -0.2) is 0 Å². The maximum absolute atomic E-state index is 12.9. The van der Waals surface area contributed by atoms with Crippen LogP contribution in [0.5, 0.6) is 5.75 Å². The number of hydrogen-bond acceptors (Lipinski definition) is 5. The highest BCUT2D eigenvalue weighted by atomic mass is 79.9. The van der Waals surface area contributed by atoms with E-state index in [1.165, 1.54) is 14.0 Å². The average Bonchev–Trinajstić information content (AvgIpc) is 2.71. The minimum Gasteiger partial charge on any atom is -0.495 e. The van der Waals surface area contributed by atoms with Gasteiger partial charge in [0, 0.05) is 17.1 Å². The molecule has 0 aliphatic carbocycles. The van der Waals surface area contributed by atoms with E-state index in [0.717, 1.165) is 0 Å². The van der Waals surface area contributed by atoms with Crippen molar-refractivity contribution in [3.63, 3.8) is 0 Å². The number of carbonyl (C=O) groups is 3. The van der Waals surface area contributed by atoms with Crippen LogP contribution >= 0.6 is 27.7 Å². The van der Waals surface area contributed by atoms with Crippen LogP contribution in [0, 0.1) is 0 Å². The van der Waals surface area contributed by atoms with Gasteiger partial charge in [-0.2, -0.15) is 11.8 Å². The summed E-state index contributed by atoms with van der Waals surface area (Å²) in [5.41, 5.74) is 1.38. The second-order valence-corrected chi connectivity index (χ2v) is 8.21. The van der Waals surface area contributed by atoms with Gasteiger partial charge in [-0.15, -0.1) is 0 Å². The molecule has 0 saturated heterocycles. The summed E-state index contributed by atoms with van der Waals surface area (Å²) in [7, 11) is 1.49. The molecule has 0 aliphatic heterocycles. The highest BCUT2D eigenvalue weighted by Gasteiger charge is 2.22. The quantitative estimate of drug-likeness (QED) is 0.492. The van der Waals surface area contributed by atoms with Crippen LogP contribution in [0.15, 0.2) is 46.9 Å². The number of methoxy groups -OCH3 is 1. The first kappa shape index (κ1) is 23.8. The van der Waals surface area contributed by atoms with E-state index < -0.39 is 6.04 Å². The highest BCUT2D eigenvalue weighted by molar-refractivity contribution is 9.10. The fourth-order valence-corrected chi connectivity index (χ4v) is 3.62. The van der Waals surface area contributed by atoms with Crippen molar-refractivity contribution in [2.75, 3.05) is 29.8 Å². The number of thioether (sulfide) groups is 1. The molecule has 2 aromatic carbocycles. The van der Waals surface area contributed by atoms with Crippen molar-refractivity contribution in [2.24, 2.45) is 0 Å². The molecule has 0 spiro atoms. The molecule has 2 rings (SSSR count). The minimum absolute atomic E-state index is 0.254. The summed E-state index contributed by atoms with van der Waals surface area (Å²) < 4.78 is 5.88. The number of rotatable bonds is 9. The number of halogens is 1. The second-order valence-electron chi connectivity index (χ2n) is 6.37. The molecule has 2 aromatic rings. The Kier molecular flexibility index (Phi) is 9.19. The topological polar surface area (TPSA) is 96.5 Å². The summed E-state index contributed by atoms with van der Waals surface area (Å²) in [4.78, 5) is 37.0. The largest absolute Gasteiger partial charge is 0.495 e. The summed E-state index contributed by atoms with van der Waals surface area (Å²) in [5, 5.41) is 8.28. The van der Waals surface area contributed by atoms with Crippen LogP contribution in [0.25, 0.3) is 0 Å². The predicted octanol–water partition coefficient (Wildman–Crippen LogP) is 3.91. The third-order valence-electron chi connectivity index (χ3n) is 4.13. The summed E-state index contributed by atoms with van der Waals surface area (Å²) in [5.74, 6) is 0.245. The SMILES string of the molecule is COc1ccc(NC(=O)C(CCSC)NC(=O)c2ccccc2Br)cc1NC(C)=O. The molecule has 3 N–H and O–H groups in total. The monoisotopic (exact) mass is 493 g/mol. The van der Waals surface area contributed by atoms with Gasteiger partial charge in [-0.1, -0.05) is 12.1 Å². The summed E-state index contributed by atoms with van der Waals surface area (Å²) >= 11 is 4.95. The van der Waals surface area contributed by atoms with Crippen LogP contribution in [0.3, 0.4) is 0 Å². The van der Waals surface area contributed by atoms with Crippen molar-refractivity contribution in [3.8, 4) is 5.75 Å². The maximum atomic E-state index is 12.9. The third kappa shape index (κ3) is 6.77. The van der Waals surface area contributed by atoms with E-state index in [1.54, 1.807) is 48.2 Å². The van der Waals surface area contributed by atoms with Crippen molar-refractivity contribution >= 4 is 56.8 Å². The molecule has 0 heterocycles. The molecule has 160 valence electrons. The lowest BCUT2D eigenvalue weighted by molar-refractivity contribution is -0.118. The Labute approximate surface area is 188 Å². The van der Waals surface area contributed by atoms with Gasteiger partial charge >= 0.3 is 0 Å². The molecule has 1 unspecified atom stereocenters. The van der Waals surface area contributed by atoms with Gasteiger partial charge in [-0.05, 0) is 64.7 Å². The molecule has 7 nitrogen and oxygen atoms in total. The van der Waals surface area contributed by atoms with E-state index in [-0.39, 0.29) is 17.7 Å². The number of hydrogen-bond donors (Lipinski definition) is 3. The van der Waals surface area contributed by atoms with Crippen molar-refractivity contribution in [2.45, 2.75) is 19.4 Å². The number of benzene rings is 2. The van der Waals surface area contributed by atoms with Crippen molar-refractivity contribution < 1.29 is 19.1 Å². The molecule has 0 saturated carbocycles. The zero-order valence-corrected chi connectivity index (χ0v) is 19.4. The standard InChI is InChI=1S/C21H24BrN3O4S/c1-13(26)23-18-12-14(8-9-19(18)29-2)24-21(28)17(10-11-30-3)25-20(27)15-6-4-5-7-16(15)22/h4-9,12,17H,10-11H2,1-3H3,(H,23,26)(H,24,28)(H,25,27). The molecule has 1 atom stereocenters.